The Kier molecular flexibility index (Phi) is 9.63. The van der Waals surface area contributed by atoms with Crippen molar-refractivity contribution in [2.45, 2.75) is 95.8 Å². The number of allylic oxidation sites excluding steroid dienone is 1. The zero-order chi connectivity index (χ0) is 27.2. The molecule has 3 fully saturated rings. The highest BCUT2D eigenvalue weighted by molar-refractivity contribution is 5.35. The van der Waals surface area contributed by atoms with E-state index in [0.717, 1.165) is 49.4 Å². The van der Waals surface area contributed by atoms with Crippen molar-refractivity contribution < 1.29 is 18.3 Å². The van der Waals surface area contributed by atoms with Crippen LogP contribution in [0.3, 0.4) is 0 Å². The van der Waals surface area contributed by atoms with E-state index in [2.05, 4.69) is 36.9 Å². The van der Waals surface area contributed by atoms with Gasteiger partial charge in [0.15, 0.2) is 11.5 Å². The summed E-state index contributed by atoms with van der Waals surface area (Å²) in [6.07, 6.45) is 17.4. The maximum absolute atomic E-state index is 14.3. The minimum absolute atomic E-state index is 0.0246. The van der Waals surface area contributed by atoms with Crippen molar-refractivity contribution in [1.29, 1.82) is 0 Å². The molecular formula is C35H46F2O2. The molecule has 0 aliphatic heterocycles. The fourth-order valence-corrected chi connectivity index (χ4v) is 7.71. The van der Waals surface area contributed by atoms with Crippen LogP contribution in [0.5, 0.6) is 11.5 Å². The maximum Gasteiger partial charge on any atom is 0.204 e. The zero-order valence-corrected chi connectivity index (χ0v) is 23.7. The van der Waals surface area contributed by atoms with E-state index in [9.17, 15) is 8.78 Å². The average Bonchev–Trinajstić information content (AvgIpc) is 2.98. The van der Waals surface area contributed by atoms with Crippen LogP contribution in [0.1, 0.15) is 107 Å². The van der Waals surface area contributed by atoms with Crippen LogP contribution in [0.15, 0.2) is 49.1 Å². The molecule has 0 N–H and O–H groups in total. The molecule has 0 radical (unpaired) electrons. The van der Waals surface area contributed by atoms with Crippen LogP contribution >= 0.6 is 0 Å². The summed E-state index contributed by atoms with van der Waals surface area (Å²) in [6.45, 7) is 6.37. The first kappa shape index (κ1) is 28.2. The first-order valence-electron chi connectivity index (χ1n) is 15.5. The molecule has 0 saturated heterocycles. The quantitative estimate of drug-likeness (QED) is 0.281. The lowest BCUT2D eigenvalue weighted by Crippen LogP contribution is -2.30. The molecule has 4 unspecified atom stereocenters. The van der Waals surface area contributed by atoms with Gasteiger partial charge < -0.3 is 9.47 Å². The SMILES string of the molecule is C=CCCC1CCC2CC(c3ccc(C4CCC(COc5ccc(OCC)c(F)c5F)CC4)cc3)CCC2C1. The van der Waals surface area contributed by atoms with Gasteiger partial charge in [-0.3, -0.25) is 0 Å². The molecule has 2 aromatic carbocycles. The number of benzene rings is 2. The summed E-state index contributed by atoms with van der Waals surface area (Å²) in [4.78, 5) is 0. The van der Waals surface area contributed by atoms with Gasteiger partial charge in [0.1, 0.15) is 0 Å². The summed E-state index contributed by atoms with van der Waals surface area (Å²) in [5.41, 5.74) is 2.99. The Morgan fingerprint density at radius 1 is 0.718 bits per heavy atom. The largest absolute Gasteiger partial charge is 0.491 e. The summed E-state index contributed by atoms with van der Waals surface area (Å²) in [5.74, 6) is 2.46. The van der Waals surface area contributed by atoms with E-state index in [1.807, 2.05) is 0 Å². The molecule has 39 heavy (non-hydrogen) atoms. The van der Waals surface area contributed by atoms with E-state index < -0.39 is 11.6 Å². The minimum atomic E-state index is -0.971. The molecule has 3 saturated carbocycles. The molecule has 0 aromatic heterocycles. The number of hydrogen-bond acceptors (Lipinski definition) is 2. The maximum atomic E-state index is 14.3. The van der Waals surface area contributed by atoms with Crippen molar-refractivity contribution in [2.75, 3.05) is 13.2 Å². The molecule has 3 aliphatic rings. The molecule has 4 atom stereocenters. The summed E-state index contributed by atoms with van der Waals surface area (Å²) in [6, 6.07) is 12.5. The smallest absolute Gasteiger partial charge is 0.204 e. The monoisotopic (exact) mass is 536 g/mol. The van der Waals surface area contributed by atoms with Gasteiger partial charge in [-0.15, -0.1) is 6.58 Å². The zero-order valence-electron chi connectivity index (χ0n) is 23.7. The molecule has 5 rings (SSSR count). The predicted molar refractivity (Wildman–Crippen MR) is 155 cm³/mol. The Hall–Kier alpha value is -2.36. The molecule has 212 valence electrons. The molecule has 0 spiro atoms. The van der Waals surface area contributed by atoms with Gasteiger partial charge in [0.25, 0.3) is 0 Å². The summed E-state index contributed by atoms with van der Waals surface area (Å²) >= 11 is 0. The lowest BCUT2D eigenvalue weighted by atomic mass is 9.63. The topological polar surface area (TPSA) is 18.5 Å². The van der Waals surface area contributed by atoms with E-state index in [1.54, 1.807) is 6.92 Å². The summed E-state index contributed by atoms with van der Waals surface area (Å²) in [7, 11) is 0. The van der Waals surface area contributed by atoms with Gasteiger partial charge in [0.2, 0.25) is 11.6 Å². The number of rotatable bonds is 10. The highest BCUT2D eigenvalue weighted by Crippen LogP contribution is 2.48. The van der Waals surface area contributed by atoms with Crippen molar-refractivity contribution in [1.82, 2.24) is 0 Å². The van der Waals surface area contributed by atoms with Gasteiger partial charge >= 0.3 is 0 Å². The molecule has 0 heterocycles. The van der Waals surface area contributed by atoms with E-state index in [0.29, 0.717) is 25.0 Å². The Balaban J connectivity index is 1.07. The standard InChI is InChI=1S/C35H46F2O2/c1-3-5-6-24-7-12-31-22-30(18-17-29(31)21-24)28-15-13-27(14-16-28)26-10-8-25(9-11-26)23-39-33-20-19-32(38-4-2)34(36)35(33)37/h3,13-16,19-20,24-26,29-31H,1,4-12,17-18,21-23H2,2H3. The Labute approximate surface area is 234 Å². The Morgan fingerprint density at radius 3 is 1.95 bits per heavy atom. The van der Waals surface area contributed by atoms with Crippen molar-refractivity contribution in [3.8, 4) is 11.5 Å². The molecule has 2 aromatic rings. The third-order valence-corrected chi connectivity index (χ3v) is 10.0. The third kappa shape index (κ3) is 6.87. The normalized spacial score (nSPS) is 28.9. The molecular weight excluding hydrogens is 490 g/mol. The van der Waals surface area contributed by atoms with Crippen LogP contribution in [0.25, 0.3) is 0 Å². The highest BCUT2D eigenvalue weighted by atomic mass is 19.2. The van der Waals surface area contributed by atoms with E-state index in [-0.39, 0.29) is 11.5 Å². The molecule has 0 amide bonds. The second-order valence-corrected chi connectivity index (χ2v) is 12.4. The lowest BCUT2D eigenvalue weighted by molar-refractivity contribution is 0.115. The predicted octanol–water partition coefficient (Wildman–Crippen LogP) is 9.98. The van der Waals surface area contributed by atoms with Gasteiger partial charge in [-0.2, -0.15) is 8.78 Å². The summed E-state index contributed by atoms with van der Waals surface area (Å²) < 4.78 is 39.3. The summed E-state index contributed by atoms with van der Waals surface area (Å²) in [5, 5.41) is 0. The molecule has 4 heteroatoms. The van der Waals surface area contributed by atoms with Gasteiger partial charge in [0, 0.05) is 0 Å². The third-order valence-electron chi connectivity index (χ3n) is 10.0. The van der Waals surface area contributed by atoms with Gasteiger partial charge in [0.05, 0.1) is 13.2 Å². The molecule has 2 nitrogen and oxygen atoms in total. The van der Waals surface area contributed by atoms with E-state index in [4.69, 9.17) is 9.47 Å². The van der Waals surface area contributed by atoms with Crippen LogP contribution in [0.4, 0.5) is 8.78 Å². The van der Waals surface area contributed by atoms with Crippen LogP contribution < -0.4 is 9.47 Å². The van der Waals surface area contributed by atoms with E-state index in [1.165, 1.54) is 74.6 Å². The average molecular weight is 537 g/mol. The van der Waals surface area contributed by atoms with Crippen LogP contribution in [-0.4, -0.2) is 13.2 Å². The van der Waals surface area contributed by atoms with Gasteiger partial charge in [-0.05, 0) is 136 Å². The first-order valence-corrected chi connectivity index (χ1v) is 15.5. The fourth-order valence-electron chi connectivity index (χ4n) is 7.71. The first-order chi connectivity index (χ1) is 19.1. The number of fused-ring (bicyclic) bond motifs is 1. The second-order valence-electron chi connectivity index (χ2n) is 12.4. The van der Waals surface area contributed by atoms with Crippen molar-refractivity contribution >= 4 is 0 Å². The van der Waals surface area contributed by atoms with Crippen molar-refractivity contribution in [3.63, 3.8) is 0 Å². The van der Waals surface area contributed by atoms with Crippen LogP contribution in [0, 0.1) is 35.3 Å². The number of halogens is 2. The lowest BCUT2D eigenvalue weighted by Gasteiger charge is -2.42. The fraction of sp³-hybridized carbons (Fsp3) is 0.600. The number of ether oxygens (including phenoxy) is 2. The van der Waals surface area contributed by atoms with Crippen molar-refractivity contribution in [2.24, 2.45) is 23.7 Å². The van der Waals surface area contributed by atoms with Crippen LogP contribution in [-0.2, 0) is 0 Å². The van der Waals surface area contributed by atoms with Gasteiger partial charge in [-0.1, -0.05) is 36.8 Å². The number of hydrogen-bond donors (Lipinski definition) is 0. The Bertz CT molecular complexity index is 1070. The minimum Gasteiger partial charge on any atom is -0.491 e. The second kappa shape index (κ2) is 13.3. The van der Waals surface area contributed by atoms with Crippen LogP contribution in [0.2, 0.25) is 0 Å². The molecule has 3 aliphatic carbocycles. The Morgan fingerprint density at radius 2 is 1.28 bits per heavy atom. The molecule has 0 bridgehead atoms. The van der Waals surface area contributed by atoms with E-state index >= 15 is 0 Å². The highest BCUT2D eigenvalue weighted by Gasteiger charge is 2.35. The van der Waals surface area contributed by atoms with Crippen molar-refractivity contribution in [3.05, 3.63) is 71.8 Å². The van der Waals surface area contributed by atoms with Gasteiger partial charge in [-0.25, -0.2) is 0 Å².